The molecule has 18 heavy (non-hydrogen) atoms. The first-order valence-electron chi connectivity index (χ1n) is 4.85. The predicted molar refractivity (Wildman–Crippen MR) is 65.9 cm³/mol. The van der Waals surface area contributed by atoms with Gasteiger partial charge in [0.1, 0.15) is 11.7 Å². The first-order chi connectivity index (χ1) is 8.38. The normalized spacial score (nSPS) is 11.8. The number of carbonyl (C=O) groups is 1. The quantitative estimate of drug-likeness (QED) is 0.523. The average Bonchev–Trinajstić information content (AvgIpc) is 2.32. The molecule has 0 unspecified atom stereocenters. The van der Waals surface area contributed by atoms with E-state index >= 15 is 0 Å². The lowest BCUT2D eigenvalue weighted by Crippen LogP contribution is -2.27. The third-order valence-electron chi connectivity index (χ3n) is 2.18. The molecule has 0 aliphatic carbocycles. The highest BCUT2D eigenvalue weighted by atomic mass is 79.9. The molecule has 1 atom stereocenters. The Balaban J connectivity index is 3.13. The van der Waals surface area contributed by atoms with Crippen LogP contribution < -0.4 is 5.32 Å². The molecule has 0 saturated carbocycles. The Morgan fingerprint density at radius 3 is 2.72 bits per heavy atom. The molecule has 98 valence electrons. The minimum absolute atomic E-state index is 0.0227. The van der Waals surface area contributed by atoms with Crippen LogP contribution in [0.3, 0.4) is 0 Å². The maximum atomic E-state index is 13.6. The van der Waals surface area contributed by atoms with Crippen molar-refractivity contribution in [2.45, 2.75) is 13.0 Å². The van der Waals surface area contributed by atoms with E-state index in [2.05, 4.69) is 26.0 Å². The lowest BCUT2D eigenvalue weighted by Gasteiger charge is -2.13. The lowest BCUT2D eigenvalue weighted by atomic mass is 10.2. The van der Waals surface area contributed by atoms with Crippen molar-refractivity contribution in [3.05, 3.63) is 32.5 Å². The zero-order valence-electron chi connectivity index (χ0n) is 9.57. The van der Waals surface area contributed by atoms with Gasteiger partial charge >= 0.3 is 11.7 Å². The Kier molecular flexibility index (Phi) is 4.60. The third-order valence-corrected chi connectivity index (χ3v) is 2.79. The summed E-state index contributed by atoms with van der Waals surface area (Å²) in [5.74, 6) is -1.60. The van der Waals surface area contributed by atoms with Crippen molar-refractivity contribution in [3.63, 3.8) is 0 Å². The van der Waals surface area contributed by atoms with Gasteiger partial charge in [0.25, 0.3) is 0 Å². The molecule has 1 rings (SSSR count). The minimum Gasteiger partial charge on any atom is -0.467 e. The summed E-state index contributed by atoms with van der Waals surface area (Å²) in [6.07, 6.45) is 0. The van der Waals surface area contributed by atoms with E-state index in [0.717, 1.165) is 0 Å². The Labute approximate surface area is 110 Å². The molecule has 0 aliphatic rings. The lowest BCUT2D eigenvalue weighted by molar-refractivity contribution is -0.386. The van der Waals surface area contributed by atoms with Gasteiger partial charge in [-0.05, 0) is 35.0 Å². The number of anilines is 1. The Hall–Kier alpha value is -1.70. The van der Waals surface area contributed by atoms with E-state index < -0.39 is 28.4 Å². The van der Waals surface area contributed by atoms with Gasteiger partial charge in [-0.25, -0.2) is 4.79 Å². The number of ether oxygens (including phenoxy) is 1. The van der Waals surface area contributed by atoms with E-state index in [4.69, 9.17) is 0 Å². The number of hydrogen-bond acceptors (Lipinski definition) is 5. The number of benzene rings is 1. The number of carbonyl (C=O) groups excluding carboxylic acids is 1. The fraction of sp³-hybridized carbons (Fsp3) is 0.300. The first kappa shape index (κ1) is 14.4. The Bertz CT molecular complexity index is 495. The van der Waals surface area contributed by atoms with Gasteiger partial charge in [0, 0.05) is 0 Å². The molecule has 0 radical (unpaired) electrons. The summed E-state index contributed by atoms with van der Waals surface area (Å²) < 4.78 is 18.0. The summed E-state index contributed by atoms with van der Waals surface area (Å²) in [4.78, 5) is 21.1. The highest BCUT2D eigenvalue weighted by Gasteiger charge is 2.25. The monoisotopic (exact) mass is 320 g/mol. The van der Waals surface area contributed by atoms with Gasteiger partial charge in [0.2, 0.25) is 5.82 Å². The van der Waals surface area contributed by atoms with Crippen LogP contribution >= 0.6 is 15.9 Å². The van der Waals surface area contributed by atoms with Crippen LogP contribution in [-0.2, 0) is 9.53 Å². The molecule has 0 aliphatic heterocycles. The van der Waals surface area contributed by atoms with Crippen molar-refractivity contribution >= 4 is 33.3 Å². The van der Waals surface area contributed by atoms with Crippen molar-refractivity contribution in [3.8, 4) is 0 Å². The van der Waals surface area contributed by atoms with Gasteiger partial charge in [-0.3, -0.25) is 10.1 Å². The van der Waals surface area contributed by atoms with Gasteiger partial charge in [-0.2, -0.15) is 4.39 Å². The van der Waals surface area contributed by atoms with Crippen LogP contribution in [0.4, 0.5) is 15.8 Å². The second-order valence-electron chi connectivity index (χ2n) is 3.40. The van der Waals surface area contributed by atoms with Crippen LogP contribution in [0.1, 0.15) is 6.92 Å². The molecule has 0 amide bonds. The largest absolute Gasteiger partial charge is 0.467 e. The van der Waals surface area contributed by atoms with Crippen LogP contribution in [0.15, 0.2) is 16.6 Å². The summed E-state index contributed by atoms with van der Waals surface area (Å²) >= 11 is 2.86. The van der Waals surface area contributed by atoms with Crippen molar-refractivity contribution < 1.29 is 18.8 Å². The van der Waals surface area contributed by atoms with Gasteiger partial charge < -0.3 is 10.1 Å². The molecular weight excluding hydrogens is 311 g/mol. The molecule has 6 nitrogen and oxygen atoms in total. The van der Waals surface area contributed by atoms with E-state index in [0.29, 0.717) is 0 Å². The number of methoxy groups -OCH3 is 1. The highest BCUT2D eigenvalue weighted by molar-refractivity contribution is 9.10. The van der Waals surface area contributed by atoms with Gasteiger partial charge in [-0.15, -0.1) is 0 Å². The third kappa shape index (κ3) is 2.95. The zero-order chi connectivity index (χ0) is 13.9. The molecule has 1 aromatic carbocycles. The number of nitro groups is 1. The Morgan fingerprint density at radius 2 is 2.22 bits per heavy atom. The molecule has 0 fully saturated rings. The smallest absolute Gasteiger partial charge is 0.328 e. The van der Waals surface area contributed by atoms with E-state index in [-0.39, 0.29) is 10.2 Å². The second-order valence-corrected chi connectivity index (χ2v) is 4.26. The summed E-state index contributed by atoms with van der Waals surface area (Å²) in [6, 6.07) is 1.80. The topological polar surface area (TPSA) is 81.5 Å². The zero-order valence-corrected chi connectivity index (χ0v) is 11.2. The molecule has 0 bridgehead atoms. The van der Waals surface area contributed by atoms with E-state index in [9.17, 15) is 19.3 Å². The van der Waals surface area contributed by atoms with Crippen LogP contribution in [0.2, 0.25) is 0 Å². The van der Waals surface area contributed by atoms with E-state index in [1.54, 1.807) is 0 Å². The maximum absolute atomic E-state index is 13.6. The number of halogens is 2. The summed E-state index contributed by atoms with van der Waals surface area (Å²) in [7, 11) is 1.19. The number of nitro benzene ring substituents is 1. The maximum Gasteiger partial charge on any atom is 0.328 e. The SMILES string of the molecule is COC(=O)[C@H](C)Nc1ccc(Br)c(F)c1[N+](=O)[O-]. The van der Waals surface area contributed by atoms with Crippen molar-refractivity contribution in [1.29, 1.82) is 0 Å². The van der Waals surface area contributed by atoms with Crippen molar-refractivity contribution in [1.82, 2.24) is 0 Å². The highest BCUT2D eigenvalue weighted by Crippen LogP contribution is 2.32. The average molecular weight is 321 g/mol. The van der Waals surface area contributed by atoms with E-state index in [1.165, 1.54) is 26.2 Å². The number of rotatable bonds is 4. The number of nitrogens with one attached hydrogen (secondary N) is 1. The molecular formula is C10H10BrFN2O4. The van der Waals surface area contributed by atoms with Crippen molar-refractivity contribution in [2.75, 3.05) is 12.4 Å². The molecule has 1 N–H and O–H groups in total. The molecule has 0 saturated heterocycles. The van der Waals surface area contributed by atoms with Gasteiger partial charge in [-0.1, -0.05) is 0 Å². The molecule has 0 spiro atoms. The molecule has 0 aromatic heterocycles. The standard InChI is InChI=1S/C10H10BrFN2O4/c1-5(10(15)18-2)13-7-4-3-6(11)8(12)9(7)14(16)17/h3-5,13H,1-2H3/t5-/m0/s1. The second kappa shape index (κ2) is 5.76. The molecule has 8 heteroatoms. The number of nitrogens with zero attached hydrogens (tertiary/aromatic N) is 1. The minimum atomic E-state index is -0.998. The van der Waals surface area contributed by atoms with Crippen LogP contribution in [0.5, 0.6) is 0 Å². The number of esters is 1. The molecule has 1 aromatic rings. The van der Waals surface area contributed by atoms with E-state index in [1.807, 2.05) is 0 Å². The predicted octanol–water partition coefficient (Wildman–Crippen LogP) is 2.47. The van der Waals surface area contributed by atoms with Crippen molar-refractivity contribution in [2.24, 2.45) is 0 Å². The molecule has 0 heterocycles. The summed E-state index contributed by atoms with van der Waals surface area (Å²) in [5.41, 5.74) is -0.807. The van der Waals surface area contributed by atoms with Crippen LogP contribution in [-0.4, -0.2) is 24.0 Å². The first-order valence-corrected chi connectivity index (χ1v) is 5.64. The summed E-state index contributed by atoms with van der Waals surface area (Å²) in [6.45, 7) is 1.45. The summed E-state index contributed by atoms with van der Waals surface area (Å²) in [5, 5.41) is 13.3. The Morgan fingerprint density at radius 1 is 1.61 bits per heavy atom. The van der Waals surface area contributed by atoms with Gasteiger partial charge in [0.05, 0.1) is 16.5 Å². The van der Waals surface area contributed by atoms with Crippen LogP contribution in [0.25, 0.3) is 0 Å². The fourth-order valence-corrected chi connectivity index (χ4v) is 1.62. The fourth-order valence-electron chi connectivity index (χ4n) is 1.30. The van der Waals surface area contributed by atoms with Crippen LogP contribution in [0, 0.1) is 15.9 Å². The number of hydrogen-bond donors (Lipinski definition) is 1. The van der Waals surface area contributed by atoms with Gasteiger partial charge in [0.15, 0.2) is 0 Å².